The molecule has 1 N–H and O–H groups in total. The number of likely N-dealkylation sites (N-methyl/N-ethyl adjacent to an activating group) is 1. The SMILES string of the molecule is CC(C)C(=O)[N+]1(C)CC(O)C1. The van der Waals surface area contributed by atoms with Gasteiger partial charge in [0.1, 0.15) is 13.1 Å². The Morgan fingerprint density at radius 3 is 2.27 bits per heavy atom. The van der Waals surface area contributed by atoms with E-state index >= 15 is 0 Å². The normalized spacial score (nSPS) is 37.0. The summed E-state index contributed by atoms with van der Waals surface area (Å²) in [4.78, 5) is 11.5. The van der Waals surface area contributed by atoms with E-state index in [2.05, 4.69) is 0 Å². The summed E-state index contributed by atoms with van der Waals surface area (Å²) in [7, 11) is 1.88. The quantitative estimate of drug-likeness (QED) is 0.545. The minimum Gasteiger partial charge on any atom is -0.382 e. The van der Waals surface area contributed by atoms with E-state index in [1.807, 2.05) is 20.9 Å². The third-order valence-corrected chi connectivity index (χ3v) is 2.25. The van der Waals surface area contributed by atoms with Crippen LogP contribution in [0.1, 0.15) is 13.8 Å². The molecule has 1 aliphatic rings. The predicted molar refractivity (Wildman–Crippen MR) is 41.8 cm³/mol. The van der Waals surface area contributed by atoms with Gasteiger partial charge in [0, 0.05) is 0 Å². The molecule has 1 amide bonds. The van der Waals surface area contributed by atoms with Gasteiger partial charge in [-0.2, -0.15) is 0 Å². The maximum absolute atomic E-state index is 11.5. The summed E-state index contributed by atoms with van der Waals surface area (Å²) in [6, 6.07) is 0. The van der Waals surface area contributed by atoms with Crippen LogP contribution in [0.3, 0.4) is 0 Å². The van der Waals surface area contributed by atoms with Crippen LogP contribution in [0.5, 0.6) is 0 Å². The summed E-state index contributed by atoms with van der Waals surface area (Å²) < 4.78 is 0.416. The number of rotatable bonds is 1. The molecule has 0 unspecified atom stereocenters. The Kier molecular flexibility index (Phi) is 2.03. The molecule has 0 aliphatic carbocycles. The topological polar surface area (TPSA) is 37.3 Å². The number of carbonyl (C=O) groups is 1. The smallest absolute Gasteiger partial charge is 0.316 e. The van der Waals surface area contributed by atoms with E-state index in [9.17, 15) is 4.79 Å². The van der Waals surface area contributed by atoms with Crippen molar-refractivity contribution in [2.24, 2.45) is 5.92 Å². The number of aliphatic hydroxyl groups is 1. The summed E-state index contributed by atoms with van der Waals surface area (Å²) in [6.07, 6.45) is -0.261. The standard InChI is InChI=1S/C8H16NO2/c1-6(2)8(11)9(3)4-7(10)5-9/h6-7,10H,4-5H2,1-3H3/q+1. The van der Waals surface area contributed by atoms with Crippen LogP contribution in [0.2, 0.25) is 0 Å². The fraction of sp³-hybridized carbons (Fsp3) is 0.875. The first-order valence-corrected chi connectivity index (χ1v) is 4.03. The summed E-state index contributed by atoms with van der Waals surface area (Å²) in [5.41, 5.74) is 0. The van der Waals surface area contributed by atoms with Gasteiger partial charge in [-0.3, -0.25) is 4.48 Å². The van der Waals surface area contributed by atoms with E-state index < -0.39 is 0 Å². The van der Waals surface area contributed by atoms with Crippen molar-refractivity contribution in [1.29, 1.82) is 0 Å². The fourth-order valence-corrected chi connectivity index (χ4v) is 1.68. The van der Waals surface area contributed by atoms with Gasteiger partial charge in [-0.1, -0.05) is 0 Å². The number of quaternary nitrogens is 1. The number of aliphatic hydroxyl groups excluding tert-OH is 1. The van der Waals surface area contributed by atoms with Gasteiger partial charge < -0.3 is 5.11 Å². The Morgan fingerprint density at radius 1 is 1.55 bits per heavy atom. The van der Waals surface area contributed by atoms with Gasteiger partial charge in [-0.25, -0.2) is 4.79 Å². The molecule has 1 fully saturated rings. The molecule has 0 saturated carbocycles. The van der Waals surface area contributed by atoms with Crippen LogP contribution in [0.4, 0.5) is 0 Å². The largest absolute Gasteiger partial charge is 0.382 e. The monoisotopic (exact) mass is 158 g/mol. The zero-order valence-electron chi connectivity index (χ0n) is 7.37. The minimum atomic E-state index is -0.261. The molecule has 1 saturated heterocycles. The molecular formula is C8H16NO2+. The Hall–Kier alpha value is -0.410. The molecule has 0 bridgehead atoms. The van der Waals surface area contributed by atoms with Crippen molar-refractivity contribution in [2.45, 2.75) is 20.0 Å². The molecule has 3 nitrogen and oxygen atoms in total. The number of hydrogen-bond acceptors (Lipinski definition) is 2. The molecule has 1 heterocycles. The highest BCUT2D eigenvalue weighted by molar-refractivity contribution is 5.71. The first kappa shape index (κ1) is 8.68. The van der Waals surface area contributed by atoms with E-state index in [-0.39, 0.29) is 17.9 Å². The van der Waals surface area contributed by atoms with Gasteiger partial charge in [0.25, 0.3) is 0 Å². The third-order valence-electron chi connectivity index (χ3n) is 2.25. The number of hydrogen-bond donors (Lipinski definition) is 1. The molecule has 0 radical (unpaired) electrons. The molecule has 64 valence electrons. The van der Waals surface area contributed by atoms with E-state index in [1.54, 1.807) is 0 Å². The average molecular weight is 158 g/mol. The maximum Gasteiger partial charge on any atom is 0.316 e. The van der Waals surface area contributed by atoms with Gasteiger partial charge in [-0.05, 0) is 13.8 Å². The van der Waals surface area contributed by atoms with Gasteiger partial charge in [0.2, 0.25) is 0 Å². The van der Waals surface area contributed by atoms with Crippen molar-refractivity contribution in [3.63, 3.8) is 0 Å². The van der Waals surface area contributed by atoms with Crippen molar-refractivity contribution in [2.75, 3.05) is 20.1 Å². The third kappa shape index (κ3) is 1.44. The van der Waals surface area contributed by atoms with Crippen LogP contribution in [0, 0.1) is 5.92 Å². The number of likely N-dealkylation sites (tertiary alicyclic amines) is 1. The molecular weight excluding hydrogens is 142 g/mol. The van der Waals surface area contributed by atoms with E-state index in [1.165, 1.54) is 0 Å². The van der Waals surface area contributed by atoms with Gasteiger partial charge in [0.15, 0.2) is 6.10 Å². The lowest BCUT2D eigenvalue weighted by molar-refractivity contribution is -0.886. The Bertz CT molecular complexity index is 171. The van der Waals surface area contributed by atoms with Crippen LogP contribution in [0.25, 0.3) is 0 Å². The number of nitrogens with zero attached hydrogens (tertiary/aromatic N) is 1. The second-order valence-electron chi connectivity index (χ2n) is 3.91. The zero-order chi connectivity index (χ0) is 8.65. The molecule has 0 spiro atoms. The summed E-state index contributed by atoms with van der Waals surface area (Å²) in [6.45, 7) is 4.99. The van der Waals surface area contributed by atoms with Crippen molar-refractivity contribution in [3.05, 3.63) is 0 Å². The fourth-order valence-electron chi connectivity index (χ4n) is 1.68. The van der Waals surface area contributed by atoms with Gasteiger partial charge in [-0.15, -0.1) is 0 Å². The number of amides is 1. The van der Waals surface area contributed by atoms with Crippen LogP contribution in [-0.2, 0) is 4.79 Å². The van der Waals surface area contributed by atoms with Crippen LogP contribution in [0.15, 0.2) is 0 Å². The van der Waals surface area contributed by atoms with Crippen LogP contribution in [-0.4, -0.2) is 41.7 Å². The van der Waals surface area contributed by atoms with Gasteiger partial charge >= 0.3 is 5.91 Å². The maximum atomic E-state index is 11.5. The first-order valence-electron chi connectivity index (χ1n) is 4.03. The van der Waals surface area contributed by atoms with E-state index in [4.69, 9.17) is 5.11 Å². The second kappa shape index (κ2) is 2.57. The van der Waals surface area contributed by atoms with Crippen molar-refractivity contribution < 1.29 is 14.4 Å². The van der Waals surface area contributed by atoms with Crippen LogP contribution < -0.4 is 0 Å². The number of carbonyl (C=O) groups excluding carboxylic acids is 1. The Labute approximate surface area is 67.2 Å². The molecule has 0 aromatic rings. The molecule has 1 rings (SSSR count). The van der Waals surface area contributed by atoms with Crippen molar-refractivity contribution in [3.8, 4) is 0 Å². The average Bonchev–Trinajstić information content (AvgIpc) is 1.83. The molecule has 0 aromatic carbocycles. The minimum absolute atomic E-state index is 0.0764. The summed E-state index contributed by atoms with van der Waals surface area (Å²) in [5.74, 6) is 0.308. The molecule has 11 heavy (non-hydrogen) atoms. The lowest BCUT2D eigenvalue weighted by Crippen LogP contribution is -2.67. The van der Waals surface area contributed by atoms with E-state index in [0.717, 1.165) is 0 Å². The molecule has 1 aliphatic heterocycles. The zero-order valence-corrected chi connectivity index (χ0v) is 7.37. The Morgan fingerprint density at radius 2 is 2.00 bits per heavy atom. The van der Waals surface area contributed by atoms with Crippen LogP contribution >= 0.6 is 0 Å². The highest BCUT2D eigenvalue weighted by Crippen LogP contribution is 2.20. The highest BCUT2D eigenvalue weighted by Gasteiger charge is 2.46. The molecule has 0 atom stereocenters. The highest BCUT2D eigenvalue weighted by atomic mass is 16.3. The molecule has 0 aromatic heterocycles. The molecule has 3 heteroatoms. The predicted octanol–water partition coefficient (Wildman–Crippen LogP) is -0.00990. The second-order valence-corrected chi connectivity index (χ2v) is 3.91. The summed E-state index contributed by atoms with van der Waals surface area (Å²) in [5, 5.41) is 9.05. The lowest BCUT2D eigenvalue weighted by Gasteiger charge is -2.43. The van der Waals surface area contributed by atoms with E-state index in [0.29, 0.717) is 17.6 Å². The van der Waals surface area contributed by atoms with Crippen molar-refractivity contribution >= 4 is 5.91 Å². The van der Waals surface area contributed by atoms with Gasteiger partial charge in [0.05, 0.1) is 13.0 Å². The van der Waals surface area contributed by atoms with Crippen molar-refractivity contribution in [1.82, 2.24) is 0 Å². The first-order chi connectivity index (χ1) is 4.96. The Balaban J connectivity index is 2.54. The summed E-state index contributed by atoms with van der Waals surface area (Å²) >= 11 is 0. The lowest BCUT2D eigenvalue weighted by atomic mass is 10.0.